The summed E-state index contributed by atoms with van der Waals surface area (Å²) < 4.78 is 5.24. The number of urea groups is 1. The van der Waals surface area contributed by atoms with Gasteiger partial charge < -0.3 is 20.9 Å². The molecule has 3 aromatic rings. The van der Waals surface area contributed by atoms with Gasteiger partial charge in [-0.25, -0.2) is 9.78 Å². The van der Waals surface area contributed by atoms with Crippen LogP contribution in [0.5, 0.6) is 0 Å². The molecule has 0 bridgehead atoms. The maximum atomic E-state index is 12.1. The Balaban J connectivity index is 1.57. The van der Waals surface area contributed by atoms with Gasteiger partial charge in [-0.1, -0.05) is 25.9 Å². The van der Waals surface area contributed by atoms with Crippen molar-refractivity contribution in [2.75, 3.05) is 21.7 Å². The monoisotopic (exact) mass is 367 g/mol. The van der Waals surface area contributed by atoms with E-state index in [4.69, 9.17) is 10.3 Å². The van der Waals surface area contributed by atoms with Gasteiger partial charge in [0.05, 0.1) is 0 Å². The quantitative estimate of drug-likeness (QED) is 0.552. The van der Waals surface area contributed by atoms with Crippen LogP contribution in [0.25, 0.3) is 0 Å². The van der Waals surface area contributed by atoms with Crippen molar-refractivity contribution in [1.82, 2.24) is 15.1 Å². The van der Waals surface area contributed by atoms with Crippen LogP contribution < -0.4 is 21.7 Å². The fourth-order valence-electron chi connectivity index (χ4n) is 2.19. The van der Waals surface area contributed by atoms with Crippen LogP contribution in [0.4, 0.5) is 33.8 Å². The third kappa shape index (κ3) is 4.94. The summed E-state index contributed by atoms with van der Waals surface area (Å²) in [6, 6.07) is 10.1. The van der Waals surface area contributed by atoms with E-state index < -0.39 is 6.03 Å². The van der Waals surface area contributed by atoms with Crippen LogP contribution >= 0.6 is 0 Å². The Morgan fingerprint density at radius 3 is 2.37 bits per heavy atom. The minimum Gasteiger partial charge on any atom is -0.368 e. The van der Waals surface area contributed by atoms with E-state index in [1.54, 1.807) is 30.5 Å². The molecule has 0 saturated carbocycles. The second-order valence-electron chi connectivity index (χ2n) is 6.91. The van der Waals surface area contributed by atoms with Crippen molar-refractivity contribution < 1.29 is 9.32 Å². The van der Waals surface area contributed by atoms with Crippen LogP contribution in [-0.4, -0.2) is 21.2 Å². The molecular formula is C18H21N7O2. The van der Waals surface area contributed by atoms with Gasteiger partial charge in [-0.05, 0) is 30.3 Å². The Hall–Kier alpha value is -3.62. The molecule has 0 aliphatic rings. The zero-order valence-electron chi connectivity index (χ0n) is 15.3. The molecule has 140 valence electrons. The summed E-state index contributed by atoms with van der Waals surface area (Å²) in [5.41, 5.74) is 6.79. The number of rotatable bonds is 4. The predicted octanol–water partition coefficient (Wildman–Crippen LogP) is 3.73. The van der Waals surface area contributed by atoms with E-state index in [9.17, 15) is 4.79 Å². The molecule has 3 rings (SSSR count). The smallest absolute Gasteiger partial charge is 0.324 e. The zero-order valence-corrected chi connectivity index (χ0v) is 15.3. The number of aromatic nitrogens is 3. The molecule has 27 heavy (non-hydrogen) atoms. The lowest BCUT2D eigenvalue weighted by atomic mass is 9.93. The van der Waals surface area contributed by atoms with Gasteiger partial charge in [0, 0.05) is 29.1 Å². The molecule has 0 saturated heterocycles. The third-order valence-electron chi connectivity index (χ3n) is 3.58. The van der Waals surface area contributed by atoms with Crippen molar-refractivity contribution in [2.24, 2.45) is 0 Å². The SMILES string of the molecule is CC(C)(C)c1cc(NC(=O)Nc2ccc(Nc3ccnc(N)n3)cc2)no1. The van der Waals surface area contributed by atoms with Gasteiger partial charge in [-0.2, -0.15) is 4.98 Å². The van der Waals surface area contributed by atoms with Gasteiger partial charge in [-0.15, -0.1) is 0 Å². The molecule has 9 heteroatoms. The molecular weight excluding hydrogens is 346 g/mol. The number of nitrogen functional groups attached to an aromatic ring is 1. The molecule has 0 aliphatic heterocycles. The number of hydrogen-bond donors (Lipinski definition) is 4. The highest BCUT2D eigenvalue weighted by atomic mass is 16.5. The topological polar surface area (TPSA) is 131 Å². The van der Waals surface area contributed by atoms with Gasteiger partial charge in [0.2, 0.25) is 5.95 Å². The number of benzene rings is 1. The molecule has 0 unspecified atom stereocenters. The number of carbonyl (C=O) groups is 1. The zero-order chi connectivity index (χ0) is 19.4. The van der Waals surface area contributed by atoms with Crippen LogP contribution in [0, 0.1) is 0 Å². The molecule has 0 fully saturated rings. The number of nitrogens with zero attached hydrogens (tertiary/aromatic N) is 3. The van der Waals surface area contributed by atoms with Crippen molar-refractivity contribution in [1.29, 1.82) is 0 Å². The minimum atomic E-state index is -0.409. The van der Waals surface area contributed by atoms with E-state index in [0.29, 0.717) is 23.1 Å². The lowest BCUT2D eigenvalue weighted by Crippen LogP contribution is -2.19. The molecule has 2 aromatic heterocycles. The van der Waals surface area contributed by atoms with E-state index in [2.05, 4.69) is 31.1 Å². The Morgan fingerprint density at radius 2 is 1.74 bits per heavy atom. The van der Waals surface area contributed by atoms with Crippen LogP contribution in [0.2, 0.25) is 0 Å². The maximum absolute atomic E-state index is 12.1. The average molecular weight is 367 g/mol. The molecule has 9 nitrogen and oxygen atoms in total. The minimum absolute atomic E-state index is 0.180. The molecule has 0 atom stereocenters. The lowest BCUT2D eigenvalue weighted by Gasteiger charge is -2.12. The van der Waals surface area contributed by atoms with E-state index in [1.807, 2.05) is 32.9 Å². The summed E-state index contributed by atoms with van der Waals surface area (Å²) in [5, 5.41) is 12.3. The molecule has 0 spiro atoms. The summed E-state index contributed by atoms with van der Waals surface area (Å²) in [4.78, 5) is 20.0. The molecule has 2 heterocycles. The summed E-state index contributed by atoms with van der Waals surface area (Å²) in [5.74, 6) is 1.83. The maximum Gasteiger partial charge on any atom is 0.324 e. The van der Waals surface area contributed by atoms with Crippen molar-refractivity contribution in [3.05, 3.63) is 48.4 Å². The summed E-state index contributed by atoms with van der Waals surface area (Å²) >= 11 is 0. The van der Waals surface area contributed by atoms with Crippen LogP contribution in [-0.2, 0) is 5.41 Å². The fraction of sp³-hybridized carbons (Fsp3) is 0.222. The first-order chi connectivity index (χ1) is 12.8. The summed E-state index contributed by atoms with van der Waals surface area (Å²) in [6.45, 7) is 6.01. The number of anilines is 5. The number of hydrogen-bond acceptors (Lipinski definition) is 7. The molecule has 2 amide bonds. The van der Waals surface area contributed by atoms with Crippen molar-refractivity contribution in [2.45, 2.75) is 26.2 Å². The molecule has 0 radical (unpaired) electrons. The first kappa shape index (κ1) is 18.2. The summed E-state index contributed by atoms with van der Waals surface area (Å²) in [6.07, 6.45) is 1.57. The van der Waals surface area contributed by atoms with Gasteiger partial charge in [0.1, 0.15) is 11.6 Å². The van der Waals surface area contributed by atoms with Crippen molar-refractivity contribution in [3.63, 3.8) is 0 Å². The van der Waals surface area contributed by atoms with Gasteiger partial charge in [0.25, 0.3) is 0 Å². The second-order valence-corrected chi connectivity index (χ2v) is 6.91. The average Bonchev–Trinajstić information content (AvgIpc) is 3.05. The van der Waals surface area contributed by atoms with E-state index >= 15 is 0 Å². The van der Waals surface area contributed by atoms with Crippen LogP contribution in [0.1, 0.15) is 26.5 Å². The third-order valence-corrected chi connectivity index (χ3v) is 3.58. The normalized spacial score (nSPS) is 11.1. The highest BCUT2D eigenvalue weighted by molar-refractivity contribution is 5.99. The van der Waals surface area contributed by atoms with E-state index in [0.717, 1.165) is 5.69 Å². The fourth-order valence-corrected chi connectivity index (χ4v) is 2.19. The lowest BCUT2D eigenvalue weighted by molar-refractivity contribution is 0.262. The number of carbonyl (C=O) groups excluding carboxylic acids is 1. The van der Waals surface area contributed by atoms with Crippen molar-refractivity contribution in [3.8, 4) is 0 Å². The Bertz CT molecular complexity index is 929. The van der Waals surface area contributed by atoms with E-state index in [1.165, 1.54) is 0 Å². The van der Waals surface area contributed by atoms with Crippen LogP contribution in [0.15, 0.2) is 47.1 Å². The van der Waals surface area contributed by atoms with Crippen LogP contribution in [0.3, 0.4) is 0 Å². The standard InChI is InChI=1S/C18H21N7O2/c1-18(2,3)13-10-15(25-27-13)24-17(26)22-12-6-4-11(5-7-12)21-14-8-9-20-16(19)23-14/h4-10H,1-3H3,(H3,19,20,21,23)(H2,22,24,25,26). The first-order valence-electron chi connectivity index (χ1n) is 8.30. The largest absolute Gasteiger partial charge is 0.368 e. The Morgan fingerprint density at radius 1 is 1.04 bits per heavy atom. The number of amides is 2. The highest BCUT2D eigenvalue weighted by Crippen LogP contribution is 2.24. The first-order valence-corrected chi connectivity index (χ1v) is 8.30. The van der Waals surface area contributed by atoms with E-state index in [-0.39, 0.29) is 11.4 Å². The number of nitrogens with two attached hydrogens (primary N) is 1. The highest BCUT2D eigenvalue weighted by Gasteiger charge is 2.20. The molecule has 0 aliphatic carbocycles. The molecule has 1 aromatic carbocycles. The summed E-state index contributed by atoms with van der Waals surface area (Å²) in [7, 11) is 0. The Kier molecular flexibility index (Phi) is 4.93. The van der Waals surface area contributed by atoms with Gasteiger partial charge in [0.15, 0.2) is 5.82 Å². The predicted molar refractivity (Wildman–Crippen MR) is 104 cm³/mol. The Labute approximate surface area is 156 Å². The number of nitrogens with one attached hydrogen (secondary N) is 3. The van der Waals surface area contributed by atoms with Crippen molar-refractivity contribution >= 4 is 35.0 Å². The van der Waals surface area contributed by atoms with Gasteiger partial charge >= 0.3 is 6.03 Å². The van der Waals surface area contributed by atoms with Gasteiger partial charge in [-0.3, -0.25) is 5.32 Å². The molecule has 5 N–H and O–H groups in total. The second kappa shape index (κ2) is 7.32.